The standard InChI is InChI=1S/C24H13Br4N5O2S2/c1-9-5-10(8-30-2)12(7-29)21(31-9)37-24-32-13-4-3-11(6-14(13)36-24)33-22(34)15-16(23(33)35)18(26)20(28)19(27)17(15)25/h3-6,30H,8H2,1-2H3. The molecule has 13 heteroatoms. The normalized spacial score (nSPS) is 12.9. The molecule has 1 aliphatic rings. The molecular weight excluding hydrogens is 774 g/mol. The van der Waals surface area contributed by atoms with Gasteiger partial charge in [-0.1, -0.05) is 0 Å². The number of fused-ring (bicyclic) bond motifs is 2. The molecule has 1 aliphatic heterocycles. The van der Waals surface area contributed by atoms with Crippen LogP contribution >= 0.6 is 86.8 Å². The molecule has 0 aliphatic carbocycles. The van der Waals surface area contributed by atoms with Gasteiger partial charge < -0.3 is 5.32 Å². The number of anilines is 1. The Hall–Kier alpha value is -1.66. The first-order chi connectivity index (χ1) is 17.7. The molecule has 0 saturated heterocycles. The number of thiazole rings is 1. The number of carbonyl (C=O) groups is 2. The van der Waals surface area contributed by atoms with Crippen LogP contribution in [0.5, 0.6) is 0 Å². The van der Waals surface area contributed by atoms with E-state index in [0.29, 0.717) is 56.2 Å². The van der Waals surface area contributed by atoms with Gasteiger partial charge in [0.2, 0.25) is 0 Å². The van der Waals surface area contributed by atoms with Crippen molar-refractivity contribution in [3.8, 4) is 6.07 Å². The van der Waals surface area contributed by atoms with Gasteiger partial charge in [0.25, 0.3) is 11.8 Å². The van der Waals surface area contributed by atoms with E-state index in [0.717, 1.165) is 21.5 Å². The molecule has 5 rings (SSSR count). The molecule has 2 amide bonds. The second kappa shape index (κ2) is 10.5. The Morgan fingerprint density at radius 1 is 1.03 bits per heavy atom. The lowest BCUT2D eigenvalue weighted by molar-refractivity contribution is 0.0925. The number of aryl methyl sites for hydroxylation is 1. The third kappa shape index (κ3) is 4.60. The van der Waals surface area contributed by atoms with Crippen molar-refractivity contribution in [3.63, 3.8) is 0 Å². The number of aromatic nitrogens is 2. The lowest BCUT2D eigenvalue weighted by atomic mass is 10.1. The molecule has 4 aromatic rings. The number of hydrogen-bond acceptors (Lipinski definition) is 8. The summed E-state index contributed by atoms with van der Waals surface area (Å²) in [5.74, 6) is -0.835. The number of carbonyl (C=O) groups excluding carboxylic acids is 2. The SMILES string of the molecule is CNCc1cc(C)nc(Sc2nc3ccc(N4C(=O)c5c(Br)c(Br)c(Br)c(Br)c5C4=O)cc3s2)c1C#N. The molecule has 2 aromatic carbocycles. The minimum atomic E-state index is -0.418. The van der Waals surface area contributed by atoms with Gasteiger partial charge >= 0.3 is 0 Å². The van der Waals surface area contributed by atoms with E-state index < -0.39 is 11.8 Å². The lowest BCUT2D eigenvalue weighted by Gasteiger charge is -2.13. The van der Waals surface area contributed by atoms with Gasteiger partial charge in [0.15, 0.2) is 4.34 Å². The Morgan fingerprint density at radius 3 is 2.27 bits per heavy atom. The summed E-state index contributed by atoms with van der Waals surface area (Å²) < 4.78 is 3.80. The Kier molecular flexibility index (Phi) is 7.63. The summed E-state index contributed by atoms with van der Waals surface area (Å²) in [6.07, 6.45) is 0. The molecule has 0 bridgehead atoms. The summed E-state index contributed by atoms with van der Waals surface area (Å²) in [4.78, 5) is 37.2. The molecule has 0 spiro atoms. The molecule has 0 radical (unpaired) electrons. The molecule has 186 valence electrons. The van der Waals surface area contributed by atoms with Crippen LogP contribution in [-0.2, 0) is 6.54 Å². The van der Waals surface area contributed by atoms with Crippen molar-refractivity contribution in [3.05, 3.63) is 70.1 Å². The van der Waals surface area contributed by atoms with Crippen LogP contribution in [0.25, 0.3) is 10.2 Å². The van der Waals surface area contributed by atoms with E-state index in [1.165, 1.54) is 28.0 Å². The number of pyridine rings is 1. The number of rotatable bonds is 5. The predicted octanol–water partition coefficient (Wildman–Crippen LogP) is 7.59. The number of nitrogens with zero attached hydrogens (tertiary/aromatic N) is 4. The third-order valence-corrected chi connectivity index (χ3v) is 12.4. The highest BCUT2D eigenvalue weighted by molar-refractivity contribution is 9.15. The number of amides is 2. The summed E-state index contributed by atoms with van der Waals surface area (Å²) >= 11 is 16.5. The average molecular weight is 787 g/mol. The molecule has 0 atom stereocenters. The second-order valence-corrected chi connectivity index (χ2v) is 13.4. The first-order valence-corrected chi connectivity index (χ1v) is 15.3. The van der Waals surface area contributed by atoms with Crippen LogP contribution in [-0.4, -0.2) is 28.8 Å². The largest absolute Gasteiger partial charge is 0.316 e. The minimum Gasteiger partial charge on any atom is -0.316 e. The van der Waals surface area contributed by atoms with Crippen molar-refractivity contribution in [2.45, 2.75) is 22.8 Å². The van der Waals surface area contributed by atoms with E-state index in [-0.39, 0.29) is 0 Å². The van der Waals surface area contributed by atoms with Gasteiger partial charge in [-0.15, -0.1) is 11.3 Å². The lowest BCUT2D eigenvalue weighted by Crippen LogP contribution is -2.29. The van der Waals surface area contributed by atoms with Gasteiger partial charge in [0, 0.05) is 30.1 Å². The number of hydrogen-bond donors (Lipinski definition) is 1. The minimum absolute atomic E-state index is 0.291. The van der Waals surface area contributed by atoms with Crippen molar-refractivity contribution >= 4 is 115 Å². The van der Waals surface area contributed by atoms with E-state index >= 15 is 0 Å². The maximum absolute atomic E-state index is 13.4. The number of nitrogens with one attached hydrogen (secondary N) is 1. The zero-order chi connectivity index (χ0) is 26.6. The molecule has 0 saturated carbocycles. The molecule has 0 fully saturated rings. The summed E-state index contributed by atoms with van der Waals surface area (Å²) in [7, 11) is 1.83. The highest BCUT2D eigenvalue weighted by Gasteiger charge is 2.42. The van der Waals surface area contributed by atoms with Crippen LogP contribution in [0.2, 0.25) is 0 Å². The van der Waals surface area contributed by atoms with Crippen LogP contribution in [0, 0.1) is 18.3 Å². The maximum Gasteiger partial charge on any atom is 0.267 e. The molecule has 37 heavy (non-hydrogen) atoms. The first-order valence-electron chi connectivity index (χ1n) is 10.5. The summed E-state index contributed by atoms with van der Waals surface area (Å²) in [6.45, 7) is 2.45. The van der Waals surface area contributed by atoms with E-state index in [1.807, 2.05) is 20.0 Å². The summed E-state index contributed by atoms with van der Waals surface area (Å²) in [5.41, 5.74) is 3.97. The zero-order valence-electron chi connectivity index (χ0n) is 19.0. The molecular formula is C24H13Br4N5O2S2. The van der Waals surface area contributed by atoms with Crippen LogP contribution < -0.4 is 10.2 Å². The van der Waals surface area contributed by atoms with E-state index in [9.17, 15) is 14.9 Å². The van der Waals surface area contributed by atoms with Crippen molar-refractivity contribution in [2.75, 3.05) is 11.9 Å². The predicted molar refractivity (Wildman–Crippen MR) is 159 cm³/mol. The Bertz CT molecular complexity index is 1650. The smallest absolute Gasteiger partial charge is 0.267 e. The summed E-state index contributed by atoms with van der Waals surface area (Å²) in [6, 6.07) is 9.45. The quantitative estimate of drug-likeness (QED) is 0.127. The number of benzene rings is 2. The van der Waals surface area contributed by atoms with Crippen LogP contribution in [0.1, 0.15) is 37.5 Å². The average Bonchev–Trinajstić information content (AvgIpc) is 3.37. The second-order valence-electron chi connectivity index (χ2n) is 7.93. The fourth-order valence-corrected chi connectivity index (χ4v) is 8.61. The van der Waals surface area contributed by atoms with Gasteiger partial charge in [-0.3, -0.25) is 9.59 Å². The highest BCUT2D eigenvalue weighted by atomic mass is 79.9. The highest BCUT2D eigenvalue weighted by Crippen LogP contribution is 2.46. The Labute approximate surface area is 253 Å². The van der Waals surface area contributed by atoms with Crippen LogP contribution in [0.4, 0.5) is 5.69 Å². The van der Waals surface area contributed by atoms with Crippen molar-refractivity contribution in [1.29, 1.82) is 5.26 Å². The maximum atomic E-state index is 13.4. The number of imide groups is 1. The van der Waals surface area contributed by atoms with Gasteiger partial charge in [0.05, 0.1) is 32.6 Å². The van der Waals surface area contributed by atoms with Gasteiger partial charge in [0.1, 0.15) is 11.1 Å². The van der Waals surface area contributed by atoms with Crippen LogP contribution in [0.3, 0.4) is 0 Å². The molecule has 7 nitrogen and oxygen atoms in total. The van der Waals surface area contributed by atoms with Crippen molar-refractivity contribution in [1.82, 2.24) is 15.3 Å². The van der Waals surface area contributed by atoms with Crippen molar-refractivity contribution < 1.29 is 9.59 Å². The molecule has 2 aromatic heterocycles. The van der Waals surface area contributed by atoms with E-state index in [1.54, 1.807) is 18.2 Å². The third-order valence-electron chi connectivity index (χ3n) is 5.57. The Balaban J connectivity index is 1.52. The molecule has 1 N–H and O–H groups in total. The van der Waals surface area contributed by atoms with Crippen molar-refractivity contribution in [2.24, 2.45) is 0 Å². The van der Waals surface area contributed by atoms with Gasteiger partial charge in [-0.2, -0.15) is 5.26 Å². The van der Waals surface area contributed by atoms with Crippen LogP contribution in [0.15, 0.2) is 51.5 Å². The summed E-state index contributed by atoms with van der Waals surface area (Å²) in [5, 5.41) is 13.4. The first kappa shape index (κ1) is 26.9. The fourth-order valence-electron chi connectivity index (χ4n) is 3.97. The zero-order valence-corrected chi connectivity index (χ0v) is 26.9. The molecule has 0 unspecified atom stereocenters. The van der Waals surface area contributed by atoms with E-state index in [4.69, 9.17) is 0 Å². The monoisotopic (exact) mass is 783 g/mol. The fraction of sp³-hybridized carbons (Fsp3) is 0.125. The topological polar surface area (TPSA) is 99.0 Å². The molecule has 3 heterocycles. The van der Waals surface area contributed by atoms with Gasteiger partial charge in [-0.05, 0) is 119 Å². The van der Waals surface area contributed by atoms with Gasteiger partial charge in [-0.25, -0.2) is 14.9 Å². The Morgan fingerprint density at radius 2 is 1.68 bits per heavy atom. The number of nitriles is 1. The number of halogens is 4. The van der Waals surface area contributed by atoms with E-state index in [2.05, 4.69) is 85.1 Å².